The van der Waals surface area contributed by atoms with Gasteiger partial charge in [0.15, 0.2) is 0 Å². The van der Waals surface area contributed by atoms with E-state index < -0.39 is 0 Å². The molecule has 0 amide bonds. The summed E-state index contributed by atoms with van der Waals surface area (Å²) in [6.07, 6.45) is 1.89. The zero-order chi connectivity index (χ0) is 11.9. The lowest BCUT2D eigenvalue weighted by Crippen LogP contribution is -2.27. The highest BCUT2D eigenvalue weighted by Gasteiger charge is 2.42. The first-order valence-electron chi connectivity index (χ1n) is 5.74. The molecule has 2 aromatic rings. The van der Waals surface area contributed by atoms with E-state index >= 15 is 0 Å². The quantitative estimate of drug-likeness (QED) is 0.748. The number of anilines is 1. The van der Waals surface area contributed by atoms with Gasteiger partial charge in [0.05, 0.1) is 12.1 Å². The zero-order valence-corrected chi connectivity index (χ0v) is 9.36. The van der Waals surface area contributed by atoms with Gasteiger partial charge in [-0.3, -0.25) is 4.79 Å². The number of aliphatic hydroxyl groups excluding tert-OH is 1. The number of fused-ring (bicyclic) bond motifs is 1. The second kappa shape index (κ2) is 3.60. The van der Waals surface area contributed by atoms with Crippen molar-refractivity contribution in [2.45, 2.75) is 18.4 Å². The van der Waals surface area contributed by atoms with E-state index in [1.165, 1.54) is 0 Å². The predicted molar refractivity (Wildman–Crippen MR) is 67.2 cm³/mol. The lowest BCUT2D eigenvalue weighted by Gasteiger charge is -2.15. The highest BCUT2D eigenvalue weighted by atomic mass is 16.3. The number of pyridine rings is 1. The van der Waals surface area contributed by atoms with E-state index in [0.29, 0.717) is 11.2 Å². The Hall–Kier alpha value is -1.81. The van der Waals surface area contributed by atoms with Crippen LogP contribution in [0.25, 0.3) is 10.8 Å². The molecular formula is C13H14N2O2. The Bertz CT molecular complexity index is 614. The molecule has 3 N–H and O–H groups in total. The molecule has 1 fully saturated rings. The summed E-state index contributed by atoms with van der Waals surface area (Å²) in [7, 11) is 0. The molecule has 0 radical (unpaired) electrons. The highest BCUT2D eigenvalue weighted by molar-refractivity contribution is 5.83. The number of aromatic nitrogens is 1. The Morgan fingerprint density at radius 2 is 2.12 bits per heavy atom. The molecule has 0 aliphatic heterocycles. The van der Waals surface area contributed by atoms with Crippen LogP contribution in [0, 0.1) is 0 Å². The fraction of sp³-hybridized carbons (Fsp3) is 0.308. The lowest BCUT2D eigenvalue weighted by molar-refractivity contribution is 0.266. The van der Waals surface area contributed by atoms with Crippen LogP contribution in [0.1, 0.15) is 12.8 Å². The first kappa shape index (κ1) is 10.4. The summed E-state index contributed by atoms with van der Waals surface area (Å²) in [5.74, 6) is 0.681. The lowest BCUT2D eigenvalue weighted by atomic mass is 10.1. The van der Waals surface area contributed by atoms with Gasteiger partial charge in [0.25, 0.3) is 5.56 Å². The summed E-state index contributed by atoms with van der Waals surface area (Å²) in [6, 6.07) is 9.38. The van der Waals surface area contributed by atoms with Crippen molar-refractivity contribution in [2.75, 3.05) is 11.9 Å². The van der Waals surface area contributed by atoms with Crippen LogP contribution in [0.5, 0.6) is 0 Å². The second-order valence-corrected chi connectivity index (χ2v) is 4.66. The van der Waals surface area contributed by atoms with Gasteiger partial charge in [-0.1, -0.05) is 18.2 Å². The number of hydrogen-bond donors (Lipinski definition) is 3. The maximum absolute atomic E-state index is 11.8. The summed E-state index contributed by atoms with van der Waals surface area (Å²) >= 11 is 0. The van der Waals surface area contributed by atoms with E-state index in [1.807, 2.05) is 24.3 Å². The third kappa shape index (κ3) is 1.80. The molecule has 0 unspecified atom stereocenters. The van der Waals surface area contributed by atoms with Crippen LogP contribution in [-0.4, -0.2) is 22.2 Å². The van der Waals surface area contributed by atoms with Crippen LogP contribution in [0.4, 0.5) is 5.82 Å². The molecule has 1 aromatic carbocycles. The van der Waals surface area contributed by atoms with Gasteiger partial charge in [-0.05, 0) is 30.4 Å². The number of benzene rings is 1. The Morgan fingerprint density at radius 1 is 1.35 bits per heavy atom. The van der Waals surface area contributed by atoms with Gasteiger partial charge in [0, 0.05) is 5.39 Å². The fourth-order valence-corrected chi connectivity index (χ4v) is 2.04. The predicted octanol–water partition coefficient (Wildman–Crippen LogP) is 1.46. The topological polar surface area (TPSA) is 65.1 Å². The molecule has 0 saturated heterocycles. The van der Waals surface area contributed by atoms with Gasteiger partial charge in [-0.15, -0.1) is 0 Å². The van der Waals surface area contributed by atoms with Gasteiger partial charge < -0.3 is 15.4 Å². The highest BCUT2D eigenvalue weighted by Crippen LogP contribution is 2.37. The Balaban J connectivity index is 2.04. The van der Waals surface area contributed by atoms with Crippen LogP contribution in [-0.2, 0) is 0 Å². The smallest absolute Gasteiger partial charge is 0.257 e. The SMILES string of the molecule is O=c1[nH]c(NC2(CO)CC2)cc2ccccc12. The average molecular weight is 230 g/mol. The summed E-state index contributed by atoms with van der Waals surface area (Å²) in [4.78, 5) is 14.6. The zero-order valence-electron chi connectivity index (χ0n) is 9.36. The summed E-state index contributed by atoms with van der Waals surface area (Å²) in [6.45, 7) is 0.0991. The molecule has 1 aliphatic rings. The number of hydrogen-bond acceptors (Lipinski definition) is 3. The van der Waals surface area contributed by atoms with Crippen LogP contribution < -0.4 is 10.9 Å². The van der Waals surface area contributed by atoms with Crippen LogP contribution in [0.2, 0.25) is 0 Å². The molecule has 88 valence electrons. The second-order valence-electron chi connectivity index (χ2n) is 4.66. The third-order valence-electron chi connectivity index (χ3n) is 3.31. The molecular weight excluding hydrogens is 216 g/mol. The normalized spacial score (nSPS) is 17.0. The van der Waals surface area contributed by atoms with Crippen molar-refractivity contribution in [2.24, 2.45) is 0 Å². The third-order valence-corrected chi connectivity index (χ3v) is 3.31. The van der Waals surface area contributed by atoms with Gasteiger partial charge in [-0.2, -0.15) is 0 Å². The molecule has 1 aromatic heterocycles. The number of aromatic amines is 1. The minimum Gasteiger partial charge on any atom is -0.394 e. The first-order valence-corrected chi connectivity index (χ1v) is 5.74. The van der Waals surface area contributed by atoms with Crippen LogP contribution in [0.3, 0.4) is 0 Å². The van der Waals surface area contributed by atoms with Crippen molar-refractivity contribution in [1.82, 2.24) is 4.98 Å². The van der Waals surface area contributed by atoms with Crippen molar-refractivity contribution in [3.05, 3.63) is 40.7 Å². The van der Waals surface area contributed by atoms with E-state index in [2.05, 4.69) is 10.3 Å². The molecule has 1 heterocycles. The molecule has 17 heavy (non-hydrogen) atoms. The van der Waals surface area contributed by atoms with E-state index in [-0.39, 0.29) is 17.7 Å². The minimum absolute atomic E-state index is 0.0978. The largest absolute Gasteiger partial charge is 0.394 e. The van der Waals surface area contributed by atoms with E-state index in [0.717, 1.165) is 18.2 Å². The van der Waals surface area contributed by atoms with Crippen molar-refractivity contribution >= 4 is 16.6 Å². The van der Waals surface area contributed by atoms with Crippen molar-refractivity contribution in [1.29, 1.82) is 0 Å². The first-order chi connectivity index (χ1) is 8.22. The number of nitrogens with one attached hydrogen (secondary N) is 2. The molecule has 1 aliphatic carbocycles. The molecule has 3 rings (SSSR count). The van der Waals surface area contributed by atoms with Gasteiger partial charge >= 0.3 is 0 Å². The molecule has 1 saturated carbocycles. The fourth-order valence-electron chi connectivity index (χ4n) is 2.04. The number of rotatable bonds is 3. The summed E-state index contributed by atoms with van der Waals surface area (Å²) in [5, 5.41) is 14.0. The Labute approximate surface area is 98.3 Å². The molecule has 0 spiro atoms. The van der Waals surface area contributed by atoms with E-state index in [1.54, 1.807) is 6.07 Å². The molecule has 0 atom stereocenters. The summed E-state index contributed by atoms with van der Waals surface area (Å²) < 4.78 is 0. The average Bonchev–Trinajstić information content (AvgIpc) is 3.10. The standard InChI is InChI=1S/C13H14N2O2/c16-8-13(5-6-13)15-11-7-9-3-1-2-4-10(9)12(17)14-11/h1-4,7,16H,5-6,8H2,(H2,14,15,17). The maximum atomic E-state index is 11.8. The van der Waals surface area contributed by atoms with Crippen molar-refractivity contribution in [3.63, 3.8) is 0 Å². The van der Waals surface area contributed by atoms with Crippen LogP contribution >= 0.6 is 0 Å². The van der Waals surface area contributed by atoms with Gasteiger partial charge in [-0.25, -0.2) is 0 Å². The molecule has 0 bridgehead atoms. The Morgan fingerprint density at radius 3 is 2.82 bits per heavy atom. The van der Waals surface area contributed by atoms with Crippen molar-refractivity contribution in [3.8, 4) is 0 Å². The monoisotopic (exact) mass is 230 g/mol. The van der Waals surface area contributed by atoms with Gasteiger partial charge in [0.1, 0.15) is 5.82 Å². The van der Waals surface area contributed by atoms with Crippen LogP contribution in [0.15, 0.2) is 35.1 Å². The summed E-state index contributed by atoms with van der Waals surface area (Å²) in [5.41, 5.74) is -0.315. The van der Waals surface area contributed by atoms with Crippen molar-refractivity contribution < 1.29 is 5.11 Å². The number of H-pyrrole nitrogens is 1. The van der Waals surface area contributed by atoms with Gasteiger partial charge in [0.2, 0.25) is 0 Å². The minimum atomic E-state index is -0.217. The maximum Gasteiger partial charge on any atom is 0.257 e. The Kier molecular flexibility index (Phi) is 2.19. The molecule has 4 heteroatoms. The molecule has 4 nitrogen and oxygen atoms in total. The van der Waals surface area contributed by atoms with E-state index in [4.69, 9.17) is 0 Å². The number of aliphatic hydroxyl groups is 1. The van der Waals surface area contributed by atoms with E-state index in [9.17, 15) is 9.90 Å².